The molecule has 6 nitrogen and oxygen atoms in total. The fraction of sp³-hybridized carbons (Fsp3) is 0.500. The molecule has 2 aliphatic heterocycles. The molecule has 2 N–H and O–H groups in total. The topological polar surface area (TPSA) is 72.9 Å². The van der Waals surface area contributed by atoms with Gasteiger partial charge >= 0.3 is 12.1 Å². The molecule has 118 valence electrons. The van der Waals surface area contributed by atoms with Crippen LogP contribution in [-0.4, -0.2) is 52.2 Å². The van der Waals surface area contributed by atoms with Gasteiger partial charge in [-0.05, 0) is 37.8 Å². The Morgan fingerprint density at radius 1 is 1.23 bits per heavy atom. The van der Waals surface area contributed by atoms with Crippen LogP contribution >= 0.6 is 0 Å². The molecule has 1 fully saturated rings. The summed E-state index contributed by atoms with van der Waals surface area (Å²) >= 11 is 0. The Bertz CT molecular complexity index is 594. The number of para-hydroxylation sites is 1. The maximum atomic E-state index is 12.6. The molecule has 2 heterocycles. The number of hydrogen-bond acceptors (Lipinski definition) is 2. The molecule has 1 aromatic carbocycles. The van der Waals surface area contributed by atoms with Crippen molar-refractivity contribution in [3.63, 3.8) is 0 Å². The molecule has 22 heavy (non-hydrogen) atoms. The summed E-state index contributed by atoms with van der Waals surface area (Å²) in [7, 11) is 0. The molecule has 0 saturated carbocycles. The van der Waals surface area contributed by atoms with Gasteiger partial charge in [-0.15, -0.1) is 0 Å². The molecule has 2 aliphatic rings. The first kappa shape index (κ1) is 14.7. The summed E-state index contributed by atoms with van der Waals surface area (Å²) < 4.78 is 0. The number of amides is 3. The number of nitrogens with zero attached hydrogens (tertiary/aromatic N) is 2. The van der Waals surface area contributed by atoms with Gasteiger partial charge in [0.25, 0.3) is 0 Å². The van der Waals surface area contributed by atoms with Gasteiger partial charge in [0.15, 0.2) is 0 Å². The average Bonchev–Trinajstić information content (AvgIpc) is 2.66. The summed E-state index contributed by atoms with van der Waals surface area (Å²) in [5, 5.41) is 12.1. The SMILES string of the molecule is CC1(N2CCc3ccccc3NC2=O)CCN(C(=O)O)CC1. The summed E-state index contributed by atoms with van der Waals surface area (Å²) in [5.41, 5.74) is 1.73. The lowest BCUT2D eigenvalue weighted by atomic mass is 9.87. The van der Waals surface area contributed by atoms with Gasteiger partial charge in [-0.25, -0.2) is 9.59 Å². The van der Waals surface area contributed by atoms with Crippen molar-refractivity contribution in [1.29, 1.82) is 0 Å². The second kappa shape index (κ2) is 5.51. The number of urea groups is 1. The smallest absolute Gasteiger partial charge is 0.407 e. The third kappa shape index (κ3) is 2.61. The molecule has 0 aliphatic carbocycles. The Hall–Kier alpha value is -2.24. The quantitative estimate of drug-likeness (QED) is 0.837. The van der Waals surface area contributed by atoms with Crippen LogP contribution in [0.4, 0.5) is 15.3 Å². The predicted octanol–water partition coefficient (Wildman–Crippen LogP) is 2.61. The number of carboxylic acid groups (broad SMARTS) is 1. The van der Waals surface area contributed by atoms with Crippen LogP contribution in [0.2, 0.25) is 0 Å². The summed E-state index contributed by atoms with van der Waals surface area (Å²) in [6.07, 6.45) is 1.27. The van der Waals surface area contributed by atoms with Crippen LogP contribution < -0.4 is 5.32 Å². The summed E-state index contributed by atoms with van der Waals surface area (Å²) in [5.74, 6) is 0. The van der Waals surface area contributed by atoms with Crippen molar-refractivity contribution in [2.75, 3.05) is 25.0 Å². The van der Waals surface area contributed by atoms with Crippen molar-refractivity contribution in [2.45, 2.75) is 31.7 Å². The fourth-order valence-corrected chi connectivity index (χ4v) is 3.34. The van der Waals surface area contributed by atoms with Crippen molar-refractivity contribution in [1.82, 2.24) is 9.80 Å². The number of rotatable bonds is 1. The number of benzene rings is 1. The van der Waals surface area contributed by atoms with Gasteiger partial charge in [0.2, 0.25) is 0 Å². The van der Waals surface area contributed by atoms with Crippen LogP contribution in [0.1, 0.15) is 25.3 Å². The van der Waals surface area contributed by atoms with Gasteiger partial charge < -0.3 is 20.2 Å². The number of carbonyl (C=O) groups excluding carboxylic acids is 1. The number of piperidine rings is 1. The predicted molar refractivity (Wildman–Crippen MR) is 83.1 cm³/mol. The average molecular weight is 303 g/mol. The van der Waals surface area contributed by atoms with E-state index in [1.54, 1.807) is 0 Å². The van der Waals surface area contributed by atoms with E-state index < -0.39 is 6.09 Å². The van der Waals surface area contributed by atoms with E-state index in [1.165, 1.54) is 4.90 Å². The van der Waals surface area contributed by atoms with Crippen molar-refractivity contribution in [3.8, 4) is 0 Å². The van der Waals surface area contributed by atoms with Crippen molar-refractivity contribution in [2.24, 2.45) is 0 Å². The van der Waals surface area contributed by atoms with Gasteiger partial charge in [-0.2, -0.15) is 0 Å². The van der Waals surface area contributed by atoms with Gasteiger partial charge in [0.1, 0.15) is 0 Å². The molecule has 6 heteroatoms. The van der Waals surface area contributed by atoms with Crippen LogP contribution in [0.15, 0.2) is 24.3 Å². The van der Waals surface area contributed by atoms with Crippen LogP contribution in [0, 0.1) is 0 Å². The van der Waals surface area contributed by atoms with Crippen LogP contribution in [0.3, 0.4) is 0 Å². The third-order valence-electron chi connectivity index (χ3n) is 4.87. The molecule has 0 unspecified atom stereocenters. The van der Waals surface area contributed by atoms with E-state index in [1.807, 2.05) is 29.2 Å². The lowest BCUT2D eigenvalue weighted by molar-refractivity contribution is 0.0624. The molecule has 1 aromatic rings. The van der Waals surface area contributed by atoms with E-state index >= 15 is 0 Å². The highest BCUT2D eigenvalue weighted by Gasteiger charge is 2.40. The summed E-state index contributed by atoms with van der Waals surface area (Å²) in [4.78, 5) is 26.9. The van der Waals surface area contributed by atoms with E-state index in [9.17, 15) is 9.59 Å². The van der Waals surface area contributed by atoms with Crippen LogP contribution in [-0.2, 0) is 6.42 Å². The molecule has 3 rings (SSSR count). The molecule has 0 bridgehead atoms. The number of fused-ring (bicyclic) bond motifs is 1. The molecule has 0 atom stereocenters. The second-order valence-electron chi connectivity index (χ2n) is 6.26. The minimum atomic E-state index is -0.880. The Morgan fingerprint density at radius 3 is 2.59 bits per heavy atom. The molecule has 0 spiro atoms. The fourth-order valence-electron chi connectivity index (χ4n) is 3.34. The van der Waals surface area contributed by atoms with E-state index in [4.69, 9.17) is 5.11 Å². The molecule has 0 aromatic heterocycles. The highest BCUT2D eigenvalue weighted by Crippen LogP contribution is 2.31. The van der Waals surface area contributed by atoms with Crippen molar-refractivity contribution < 1.29 is 14.7 Å². The lowest BCUT2D eigenvalue weighted by Gasteiger charge is -2.45. The van der Waals surface area contributed by atoms with E-state index in [2.05, 4.69) is 12.2 Å². The largest absolute Gasteiger partial charge is 0.465 e. The van der Waals surface area contributed by atoms with Crippen molar-refractivity contribution in [3.05, 3.63) is 29.8 Å². The molecule has 1 saturated heterocycles. The lowest BCUT2D eigenvalue weighted by Crippen LogP contribution is -2.57. The standard InChI is InChI=1S/C16H21N3O3/c1-16(7-10-18(11-8-16)15(21)22)19-9-6-12-4-2-3-5-13(12)17-14(19)20/h2-5H,6-11H2,1H3,(H,17,20)(H,21,22). The number of nitrogens with one attached hydrogen (secondary N) is 1. The van der Waals surface area contributed by atoms with Crippen LogP contribution in [0.25, 0.3) is 0 Å². The van der Waals surface area contributed by atoms with Gasteiger partial charge in [0.05, 0.1) is 0 Å². The van der Waals surface area contributed by atoms with Gasteiger partial charge in [-0.1, -0.05) is 18.2 Å². The zero-order valence-electron chi connectivity index (χ0n) is 12.7. The molecule has 0 radical (unpaired) electrons. The number of anilines is 1. The number of carbonyl (C=O) groups is 2. The zero-order valence-corrected chi connectivity index (χ0v) is 12.7. The third-order valence-corrected chi connectivity index (χ3v) is 4.87. The number of hydrogen-bond donors (Lipinski definition) is 2. The normalized spacial score (nSPS) is 20.9. The highest BCUT2D eigenvalue weighted by molar-refractivity contribution is 5.91. The molecular weight excluding hydrogens is 282 g/mol. The Kier molecular flexibility index (Phi) is 3.68. The first-order chi connectivity index (χ1) is 10.5. The van der Waals surface area contributed by atoms with E-state index in [0.29, 0.717) is 32.5 Å². The minimum Gasteiger partial charge on any atom is -0.465 e. The zero-order chi connectivity index (χ0) is 15.7. The van der Waals surface area contributed by atoms with Crippen molar-refractivity contribution >= 4 is 17.8 Å². The van der Waals surface area contributed by atoms with Gasteiger partial charge in [-0.3, -0.25) is 0 Å². The van der Waals surface area contributed by atoms with E-state index in [0.717, 1.165) is 17.7 Å². The molecule has 3 amide bonds. The Morgan fingerprint density at radius 2 is 1.91 bits per heavy atom. The summed E-state index contributed by atoms with van der Waals surface area (Å²) in [6.45, 7) is 3.67. The molecular formula is C16H21N3O3. The monoisotopic (exact) mass is 303 g/mol. The van der Waals surface area contributed by atoms with E-state index in [-0.39, 0.29) is 11.6 Å². The summed E-state index contributed by atoms with van der Waals surface area (Å²) in [6, 6.07) is 7.77. The minimum absolute atomic E-state index is 0.0868. The van der Waals surface area contributed by atoms with Gasteiger partial charge in [0, 0.05) is 30.9 Å². The maximum Gasteiger partial charge on any atom is 0.407 e. The maximum absolute atomic E-state index is 12.6. The highest BCUT2D eigenvalue weighted by atomic mass is 16.4. The Labute approximate surface area is 129 Å². The Balaban J connectivity index is 1.76. The first-order valence-corrected chi connectivity index (χ1v) is 7.64. The number of likely N-dealkylation sites (tertiary alicyclic amines) is 1. The van der Waals surface area contributed by atoms with Crippen LogP contribution in [0.5, 0.6) is 0 Å². The first-order valence-electron chi connectivity index (χ1n) is 7.64. The second-order valence-corrected chi connectivity index (χ2v) is 6.26.